The summed E-state index contributed by atoms with van der Waals surface area (Å²) in [5.74, 6) is -0.448. The van der Waals surface area contributed by atoms with Gasteiger partial charge in [-0.1, -0.05) is 18.2 Å². The molecule has 0 aromatic heterocycles. The Morgan fingerprint density at radius 3 is 2.64 bits per heavy atom. The summed E-state index contributed by atoms with van der Waals surface area (Å²) in [5.41, 5.74) is -0.759. The van der Waals surface area contributed by atoms with E-state index in [1.54, 1.807) is 0 Å². The van der Waals surface area contributed by atoms with E-state index in [9.17, 15) is 22.8 Å². The molecule has 120 valence electrons. The number of hydrogen-bond donors (Lipinski definition) is 0. The van der Waals surface area contributed by atoms with E-state index in [4.69, 9.17) is 4.74 Å². The van der Waals surface area contributed by atoms with E-state index in [1.165, 1.54) is 30.1 Å². The number of hydrogen-bond acceptors (Lipinski definition) is 3. The Kier molecular flexibility index (Phi) is 4.58. The number of nitrogens with zero attached hydrogens (tertiary/aromatic N) is 2. The molecule has 1 fully saturated rings. The average Bonchev–Trinajstić information content (AvgIpc) is 2.83. The van der Waals surface area contributed by atoms with E-state index in [1.807, 2.05) is 0 Å². The smallest absolute Gasteiger partial charge is 0.416 e. The normalized spacial score (nSPS) is 14.9. The van der Waals surface area contributed by atoms with Crippen LogP contribution in [0.15, 0.2) is 24.3 Å². The Balaban J connectivity index is 2.04. The van der Waals surface area contributed by atoms with Gasteiger partial charge in [-0.05, 0) is 11.6 Å². The quantitative estimate of drug-likeness (QED) is 0.855. The van der Waals surface area contributed by atoms with Crippen molar-refractivity contribution in [3.63, 3.8) is 0 Å². The first-order valence-electron chi connectivity index (χ1n) is 6.60. The van der Waals surface area contributed by atoms with E-state index >= 15 is 0 Å². The topological polar surface area (TPSA) is 49.9 Å². The highest BCUT2D eigenvalue weighted by Gasteiger charge is 2.33. The molecule has 1 heterocycles. The number of rotatable bonds is 4. The molecular weight excluding hydrogens is 301 g/mol. The molecule has 0 aliphatic carbocycles. The van der Waals surface area contributed by atoms with Crippen LogP contribution in [0.1, 0.15) is 11.1 Å². The van der Waals surface area contributed by atoms with Crippen LogP contribution in [0, 0.1) is 0 Å². The fourth-order valence-corrected chi connectivity index (χ4v) is 2.13. The minimum atomic E-state index is -4.47. The molecule has 0 N–H and O–H groups in total. The van der Waals surface area contributed by atoms with Crippen molar-refractivity contribution in [2.24, 2.45) is 0 Å². The zero-order valence-electron chi connectivity index (χ0n) is 11.9. The maximum absolute atomic E-state index is 12.9. The van der Waals surface area contributed by atoms with E-state index < -0.39 is 23.7 Å². The summed E-state index contributed by atoms with van der Waals surface area (Å²) in [6.07, 6.45) is -5.06. The lowest BCUT2D eigenvalue weighted by molar-refractivity contribution is -0.139. The summed E-state index contributed by atoms with van der Waals surface area (Å²) >= 11 is 0. The van der Waals surface area contributed by atoms with Crippen molar-refractivity contribution in [2.75, 3.05) is 26.7 Å². The van der Waals surface area contributed by atoms with Gasteiger partial charge in [0.15, 0.2) is 0 Å². The zero-order valence-corrected chi connectivity index (χ0v) is 11.9. The van der Waals surface area contributed by atoms with Crippen LogP contribution in [-0.4, -0.2) is 48.5 Å². The number of halogens is 3. The largest absolute Gasteiger partial charge is 0.448 e. The Morgan fingerprint density at radius 1 is 1.36 bits per heavy atom. The van der Waals surface area contributed by atoms with Gasteiger partial charge in [0, 0.05) is 13.6 Å². The lowest BCUT2D eigenvalue weighted by Gasteiger charge is -2.22. The van der Waals surface area contributed by atoms with Crippen LogP contribution in [0.25, 0.3) is 0 Å². The van der Waals surface area contributed by atoms with Crippen LogP contribution in [0.3, 0.4) is 0 Å². The van der Waals surface area contributed by atoms with Gasteiger partial charge < -0.3 is 9.64 Å². The van der Waals surface area contributed by atoms with Crippen LogP contribution in [0.4, 0.5) is 18.0 Å². The first kappa shape index (κ1) is 16.1. The van der Waals surface area contributed by atoms with Crippen LogP contribution in [0.5, 0.6) is 0 Å². The van der Waals surface area contributed by atoms with Gasteiger partial charge in [0.1, 0.15) is 13.2 Å². The highest BCUT2D eigenvalue weighted by Crippen LogP contribution is 2.32. The number of amides is 2. The van der Waals surface area contributed by atoms with Crippen molar-refractivity contribution < 1.29 is 27.5 Å². The minimum absolute atomic E-state index is 0.00912. The third-order valence-corrected chi connectivity index (χ3v) is 3.33. The first-order valence-corrected chi connectivity index (χ1v) is 6.60. The molecule has 1 aliphatic rings. The number of carbonyl (C=O) groups excluding carboxylic acids is 2. The highest BCUT2D eigenvalue weighted by atomic mass is 19.4. The van der Waals surface area contributed by atoms with Crippen molar-refractivity contribution in [1.29, 1.82) is 0 Å². The number of ether oxygens (including phenoxy) is 1. The van der Waals surface area contributed by atoms with Gasteiger partial charge in [0.25, 0.3) is 0 Å². The Morgan fingerprint density at radius 2 is 2.05 bits per heavy atom. The summed E-state index contributed by atoms with van der Waals surface area (Å²) in [6.45, 7) is 0.130. The molecule has 2 rings (SSSR count). The van der Waals surface area contributed by atoms with Gasteiger partial charge in [-0.15, -0.1) is 0 Å². The molecule has 1 aliphatic heterocycles. The number of carbonyl (C=O) groups is 2. The molecule has 0 atom stereocenters. The summed E-state index contributed by atoms with van der Waals surface area (Å²) in [7, 11) is 1.40. The fourth-order valence-electron chi connectivity index (χ4n) is 2.13. The van der Waals surface area contributed by atoms with Crippen LogP contribution in [0.2, 0.25) is 0 Å². The molecular formula is C14H15F3N2O3. The summed E-state index contributed by atoms with van der Waals surface area (Å²) < 4.78 is 43.4. The molecule has 0 bridgehead atoms. The van der Waals surface area contributed by atoms with Gasteiger partial charge >= 0.3 is 12.3 Å². The highest BCUT2D eigenvalue weighted by molar-refractivity contribution is 5.82. The Bertz CT molecular complexity index is 575. The van der Waals surface area contributed by atoms with Crippen molar-refractivity contribution in [1.82, 2.24) is 9.80 Å². The van der Waals surface area contributed by atoms with E-state index in [2.05, 4.69) is 0 Å². The van der Waals surface area contributed by atoms with Crippen LogP contribution in [-0.2, 0) is 22.3 Å². The lowest BCUT2D eigenvalue weighted by Crippen LogP contribution is -2.38. The second-order valence-electron chi connectivity index (χ2n) is 4.94. The Labute approximate surface area is 125 Å². The molecule has 1 saturated heterocycles. The summed E-state index contributed by atoms with van der Waals surface area (Å²) in [5, 5.41) is 0. The molecule has 1 aromatic carbocycles. The van der Waals surface area contributed by atoms with Crippen molar-refractivity contribution in [2.45, 2.75) is 12.7 Å². The molecule has 1 aromatic rings. The molecule has 2 amide bonds. The van der Waals surface area contributed by atoms with Crippen LogP contribution >= 0.6 is 0 Å². The molecule has 0 radical (unpaired) electrons. The number of alkyl halides is 3. The molecule has 22 heavy (non-hydrogen) atoms. The second kappa shape index (κ2) is 6.25. The maximum atomic E-state index is 12.9. The zero-order chi connectivity index (χ0) is 16.3. The number of benzene rings is 1. The second-order valence-corrected chi connectivity index (χ2v) is 4.94. The predicted molar refractivity (Wildman–Crippen MR) is 70.8 cm³/mol. The number of likely N-dealkylation sites (N-methyl/N-ethyl adjacent to an activating group) is 1. The van der Waals surface area contributed by atoms with Gasteiger partial charge in [0.05, 0.1) is 12.1 Å². The van der Waals surface area contributed by atoms with Gasteiger partial charge in [-0.25, -0.2) is 4.79 Å². The number of cyclic esters (lactones) is 1. The maximum Gasteiger partial charge on any atom is 0.416 e. The lowest BCUT2D eigenvalue weighted by atomic mass is 10.1. The van der Waals surface area contributed by atoms with Gasteiger partial charge in [-0.2, -0.15) is 13.2 Å². The summed E-state index contributed by atoms with van der Waals surface area (Å²) in [4.78, 5) is 25.6. The average molecular weight is 316 g/mol. The van der Waals surface area contributed by atoms with Crippen molar-refractivity contribution in [3.05, 3.63) is 35.4 Å². The molecule has 0 spiro atoms. The fraction of sp³-hybridized carbons (Fsp3) is 0.429. The van der Waals surface area contributed by atoms with Gasteiger partial charge in [-0.3, -0.25) is 9.69 Å². The van der Waals surface area contributed by atoms with E-state index in [-0.39, 0.29) is 25.3 Å². The molecule has 0 saturated carbocycles. The standard InChI is InChI=1S/C14H15F3N2O3/c1-18(12(20)9-19-6-7-22-13(19)21)8-10-4-2-3-5-11(10)14(15,16)17/h2-5H,6-9H2,1H3. The van der Waals surface area contributed by atoms with Crippen molar-refractivity contribution >= 4 is 12.0 Å². The van der Waals surface area contributed by atoms with Gasteiger partial charge in [0.2, 0.25) is 5.91 Å². The van der Waals surface area contributed by atoms with Crippen molar-refractivity contribution in [3.8, 4) is 0 Å². The molecule has 8 heteroatoms. The third kappa shape index (κ3) is 3.69. The molecule has 5 nitrogen and oxygen atoms in total. The monoisotopic (exact) mass is 316 g/mol. The van der Waals surface area contributed by atoms with E-state index in [0.29, 0.717) is 6.54 Å². The SMILES string of the molecule is CN(Cc1ccccc1C(F)(F)F)C(=O)CN1CCOC1=O. The predicted octanol–water partition coefficient (Wildman–Crippen LogP) is 2.12. The Hall–Kier alpha value is -2.25. The van der Waals surface area contributed by atoms with E-state index in [0.717, 1.165) is 11.0 Å². The first-order chi connectivity index (χ1) is 10.3. The summed E-state index contributed by atoms with van der Waals surface area (Å²) in [6, 6.07) is 5.09. The van der Waals surface area contributed by atoms with Crippen LogP contribution < -0.4 is 0 Å². The molecule has 0 unspecified atom stereocenters. The third-order valence-electron chi connectivity index (χ3n) is 3.33. The minimum Gasteiger partial charge on any atom is -0.448 e.